The second kappa shape index (κ2) is 9.26. The Morgan fingerprint density at radius 1 is 0.955 bits per heavy atom. The summed E-state index contributed by atoms with van der Waals surface area (Å²) in [4.78, 5) is 0. The van der Waals surface area contributed by atoms with Crippen molar-refractivity contribution in [1.29, 1.82) is 0 Å². The van der Waals surface area contributed by atoms with Crippen molar-refractivity contribution in [2.75, 3.05) is 17.6 Å². The number of benzene rings is 2. The van der Waals surface area contributed by atoms with Gasteiger partial charge in [0.2, 0.25) is 0 Å². The van der Waals surface area contributed by atoms with Crippen molar-refractivity contribution in [3.8, 4) is 0 Å². The lowest BCUT2D eigenvalue weighted by molar-refractivity contribution is 0.990. The van der Waals surface area contributed by atoms with E-state index in [4.69, 9.17) is 35.4 Å². The largest absolute Gasteiger partial charge is 0.362 e. The first-order chi connectivity index (χ1) is 10.6. The van der Waals surface area contributed by atoms with Gasteiger partial charge in [0.25, 0.3) is 0 Å². The SMILES string of the molecule is S=C(NCCSCc1ccc(Cl)cc1)Nc1ccc(Cl)cc1. The Morgan fingerprint density at radius 3 is 2.18 bits per heavy atom. The predicted molar refractivity (Wildman–Crippen MR) is 103 cm³/mol. The Morgan fingerprint density at radius 2 is 1.55 bits per heavy atom. The molecule has 116 valence electrons. The third-order valence-electron chi connectivity index (χ3n) is 2.82. The zero-order chi connectivity index (χ0) is 15.8. The molecule has 0 saturated carbocycles. The molecule has 0 aliphatic carbocycles. The van der Waals surface area contributed by atoms with Crippen molar-refractivity contribution >= 4 is 58.0 Å². The third-order valence-corrected chi connectivity index (χ3v) is 4.60. The van der Waals surface area contributed by atoms with Crippen LogP contribution < -0.4 is 10.6 Å². The second-order valence-electron chi connectivity index (χ2n) is 4.57. The van der Waals surface area contributed by atoms with Crippen LogP contribution in [0.3, 0.4) is 0 Å². The molecular formula is C16H16Cl2N2S2. The van der Waals surface area contributed by atoms with Gasteiger partial charge >= 0.3 is 0 Å². The summed E-state index contributed by atoms with van der Waals surface area (Å²) in [5.41, 5.74) is 2.20. The molecule has 0 spiro atoms. The van der Waals surface area contributed by atoms with Crippen LogP contribution in [-0.2, 0) is 5.75 Å². The van der Waals surface area contributed by atoms with Gasteiger partial charge in [-0.05, 0) is 54.2 Å². The molecule has 0 heterocycles. The minimum absolute atomic E-state index is 0.620. The number of thioether (sulfide) groups is 1. The van der Waals surface area contributed by atoms with Crippen LogP contribution in [0.1, 0.15) is 5.56 Å². The van der Waals surface area contributed by atoms with E-state index in [-0.39, 0.29) is 0 Å². The maximum absolute atomic E-state index is 5.86. The molecule has 0 unspecified atom stereocenters. The highest BCUT2D eigenvalue weighted by Crippen LogP contribution is 2.15. The summed E-state index contributed by atoms with van der Waals surface area (Å²) in [6.45, 7) is 0.817. The molecule has 2 aromatic rings. The lowest BCUT2D eigenvalue weighted by Crippen LogP contribution is -2.30. The van der Waals surface area contributed by atoms with Crippen LogP contribution >= 0.6 is 47.2 Å². The van der Waals surface area contributed by atoms with Gasteiger partial charge in [-0.15, -0.1) is 0 Å². The van der Waals surface area contributed by atoms with Crippen molar-refractivity contribution in [2.45, 2.75) is 5.75 Å². The van der Waals surface area contributed by atoms with E-state index in [1.165, 1.54) is 5.56 Å². The fourth-order valence-corrected chi connectivity index (χ4v) is 3.01. The molecule has 0 bridgehead atoms. The molecule has 0 aliphatic heterocycles. The van der Waals surface area contributed by atoms with E-state index < -0.39 is 0 Å². The van der Waals surface area contributed by atoms with E-state index in [1.807, 2.05) is 48.2 Å². The lowest BCUT2D eigenvalue weighted by Gasteiger charge is -2.10. The fraction of sp³-hybridized carbons (Fsp3) is 0.188. The van der Waals surface area contributed by atoms with Crippen LogP contribution in [0.2, 0.25) is 10.0 Å². The monoisotopic (exact) mass is 370 g/mol. The van der Waals surface area contributed by atoms with Crippen LogP contribution in [0.4, 0.5) is 5.69 Å². The topological polar surface area (TPSA) is 24.1 Å². The third kappa shape index (κ3) is 6.44. The van der Waals surface area contributed by atoms with E-state index in [2.05, 4.69) is 22.8 Å². The normalized spacial score (nSPS) is 10.3. The van der Waals surface area contributed by atoms with E-state index in [1.54, 1.807) is 0 Å². The predicted octanol–water partition coefficient (Wildman–Crippen LogP) is 5.21. The second-order valence-corrected chi connectivity index (χ2v) is 6.95. The first-order valence-electron chi connectivity index (χ1n) is 6.76. The fourth-order valence-electron chi connectivity index (χ4n) is 1.72. The van der Waals surface area contributed by atoms with Gasteiger partial charge < -0.3 is 10.6 Å². The number of anilines is 1. The molecular weight excluding hydrogens is 355 g/mol. The highest BCUT2D eigenvalue weighted by Gasteiger charge is 1.98. The summed E-state index contributed by atoms with van der Waals surface area (Å²) in [5.74, 6) is 1.95. The van der Waals surface area contributed by atoms with E-state index in [0.29, 0.717) is 10.1 Å². The Bertz CT molecular complexity index is 601. The summed E-state index contributed by atoms with van der Waals surface area (Å²) >= 11 is 18.8. The maximum atomic E-state index is 5.86. The number of hydrogen-bond donors (Lipinski definition) is 2. The zero-order valence-electron chi connectivity index (χ0n) is 11.8. The Kier molecular flexibility index (Phi) is 7.33. The van der Waals surface area contributed by atoms with Crippen LogP contribution in [0.15, 0.2) is 48.5 Å². The first kappa shape index (κ1) is 17.4. The maximum Gasteiger partial charge on any atom is 0.170 e. The van der Waals surface area contributed by atoms with Gasteiger partial charge in [-0.25, -0.2) is 0 Å². The molecule has 2 aromatic carbocycles. The van der Waals surface area contributed by atoms with Gasteiger partial charge in [0.15, 0.2) is 5.11 Å². The highest BCUT2D eigenvalue weighted by atomic mass is 35.5. The number of halogens is 2. The van der Waals surface area contributed by atoms with Crippen molar-refractivity contribution in [3.05, 3.63) is 64.1 Å². The van der Waals surface area contributed by atoms with Crippen LogP contribution in [0.25, 0.3) is 0 Å². The molecule has 0 aromatic heterocycles. The summed E-state index contributed by atoms with van der Waals surface area (Å²) in [6.07, 6.45) is 0. The molecule has 0 amide bonds. The number of nitrogens with one attached hydrogen (secondary N) is 2. The highest BCUT2D eigenvalue weighted by molar-refractivity contribution is 7.98. The Labute approximate surface area is 150 Å². The summed E-state index contributed by atoms with van der Waals surface area (Å²) in [7, 11) is 0. The number of rotatable bonds is 6. The molecule has 0 radical (unpaired) electrons. The summed E-state index contributed by atoms with van der Waals surface area (Å²) in [5, 5.41) is 8.41. The molecule has 2 N–H and O–H groups in total. The van der Waals surface area contributed by atoms with Gasteiger partial charge in [-0.2, -0.15) is 11.8 Å². The summed E-state index contributed by atoms with van der Waals surface area (Å²) < 4.78 is 0. The smallest absolute Gasteiger partial charge is 0.170 e. The molecule has 6 heteroatoms. The first-order valence-corrected chi connectivity index (χ1v) is 9.08. The standard InChI is InChI=1S/C16H16Cl2N2S2/c17-13-3-1-12(2-4-13)11-22-10-9-19-16(21)20-15-7-5-14(18)6-8-15/h1-8H,9-11H2,(H2,19,20,21). The molecule has 2 rings (SSSR count). The van der Waals surface area contributed by atoms with Crippen LogP contribution in [0, 0.1) is 0 Å². The van der Waals surface area contributed by atoms with Gasteiger partial charge in [0.1, 0.15) is 0 Å². The minimum Gasteiger partial charge on any atom is -0.362 e. The van der Waals surface area contributed by atoms with E-state index >= 15 is 0 Å². The van der Waals surface area contributed by atoms with Gasteiger partial charge in [0.05, 0.1) is 0 Å². The molecule has 2 nitrogen and oxygen atoms in total. The lowest BCUT2D eigenvalue weighted by atomic mass is 10.2. The molecule has 0 saturated heterocycles. The zero-order valence-corrected chi connectivity index (χ0v) is 15.0. The van der Waals surface area contributed by atoms with E-state index in [0.717, 1.165) is 28.8 Å². The molecule has 0 atom stereocenters. The quantitative estimate of drug-likeness (QED) is 0.538. The molecule has 22 heavy (non-hydrogen) atoms. The van der Waals surface area contributed by atoms with E-state index in [9.17, 15) is 0 Å². The van der Waals surface area contributed by atoms with Crippen molar-refractivity contribution < 1.29 is 0 Å². The van der Waals surface area contributed by atoms with Gasteiger partial charge in [0, 0.05) is 33.8 Å². The van der Waals surface area contributed by atoms with Crippen molar-refractivity contribution in [2.24, 2.45) is 0 Å². The average molecular weight is 371 g/mol. The number of hydrogen-bond acceptors (Lipinski definition) is 2. The van der Waals surface area contributed by atoms with Gasteiger partial charge in [-0.3, -0.25) is 0 Å². The molecule has 0 aliphatic rings. The minimum atomic E-state index is 0.620. The van der Waals surface area contributed by atoms with Crippen LogP contribution in [0.5, 0.6) is 0 Å². The van der Waals surface area contributed by atoms with Crippen molar-refractivity contribution in [1.82, 2.24) is 5.32 Å². The Balaban J connectivity index is 1.61. The van der Waals surface area contributed by atoms with Crippen LogP contribution in [-0.4, -0.2) is 17.4 Å². The van der Waals surface area contributed by atoms with Gasteiger partial charge in [-0.1, -0.05) is 35.3 Å². The Hall–Kier alpha value is -0.940. The van der Waals surface area contributed by atoms with Crippen molar-refractivity contribution in [3.63, 3.8) is 0 Å². The average Bonchev–Trinajstić information content (AvgIpc) is 2.51. The molecule has 0 fully saturated rings. The number of thiocarbonyl (C=S) groups is 1. The summed E-state index contributed by atoms with van der Waals surface area (Å²) in [6, 6.07) is 15.4.